The van der Waals surface area contributed by atoms with Crippen molar-refractivity contribution in [2.75, 3.05) is 10.6 Å². The van der Waals surface area contributed by atoms with Crippen molar-refractivity contribution in [1.29, 1.82) is 0 Å². The van der Waals surface area contributed by atoms with Gasteiger partial charge in [-0.2, -0.15) is 0 Å². The number of nitrogens with one attached hydrogen (secondary N) is 2. The van der Waals surface area contributed by atoms with Crippen molar-refractivity contribution in [3.8, 4) is 11.3 Å². The van der Waals surface area contributed by atoms with Gasteiger partial charge in [0.25, 0.3) is 0 Å². The van der Waals surface area contributed by atoms with Crippen molar-refractivity contribution < 1.29 is 14.0 Å². The number of aromatic nitrogens is 4. The third-order valence-electron chi connectivity index (χ3n) is 5.18. The molecular formula is C23H23FN6O2. The highest BCUT2D eigenvalue weighted by Gasteiger charge is 2.43. The van der Waals surface area contributed by atoms with Crippen LogP contribution in [0.25, 0.3) is 11.3 Å². The van der Waals surface area contributed by atoms with E-state index in [9.17, 15) is 14.0 Å². The molecule has 1 amide bonds. The SMILES string of the molecule is CCCC(=O)c1cc(C)c(Nc2ncccc2-c2cc(NC(=O)[C@H]3C[C@H]3F)ncn2)cn1. The van der Waals surface area contributed by atoms with Gasteiger partial charge in [0.15, 0.2) is 5.78 Å². The normalized spacial score (nSPS) is 17.0. The topological polar surface area (TPSA) is 110 Å². The summed E-state index contributed by atoms with van der Waals surface area (Å²) in [5.74, 6) is -0.142. The molecule has 0 unspecified atom stereocenters. The number of alkyl halides is 1. The van der Waals surface area contributed by atoms with E-state index in [4.69, 9.17) is 0 Å². The Morgan fingerprint density at radius 3 is 2.72 bits per heavy atom. The molecule has 32 heavy (non-hydrogen) atoms. The van der Waals surface area contributed by atoms with Gasteiger partial charge in [0.1, 0.15) is 29.8 Å². The lowest BCUT2D eigenvalue weighted by Gasteiger charge is -2.13. The molecule has 0 saturated heterocycles. The molecule has 1 aliphatic carbocycles. The highest BCUT2D eigenvalue weighted by Crippen LogP contribution is 2.35. The van der Waals surface area contributed by atoms with E-state index < -0.39 is 12.1 Å². The lowest BCUT2D eigenvalue weighted by Crippen LogP contribution is -2.16. The minimum absolute atomic E-state index is 0.0153. The summed E-state index contributed by atoms with van der Waals surface area (Å²) in [7, 11) is 0. The maximum atomic E-state index is 13.1. The van der Waals surface area contributed by atoms with Crippen LogP contribution in [0.15, 0.2) is 43.0 Å². The molecule has 3 aromatic heterocycles. The van der Waals surface area contributed by atoms with E-state index in [0.717, 1.165) is 12.0 Å². The average Bonchev–Trinajstić information content (AvgIpc) is 3.52. The van der Waals surface area contributed by atoms with Crippen molar-refractivity contribution in [3.05, 3.63) is 54.2 Å². The Labute approximate surface area is 184 Å². The zero-order valence-electron chi connectivity index (χ0n) is 17.8. The van der Waals surface area contributed by atoms with E-state index in [-0.39, 0.29) is 18.1 Å². The molecule has 0 aliphatic heterocycles. The molecule has 0 aromatic carbocycles. The zero-order valence-corrected chi connectivity index (χ0v) is 17.8. The number of nitrogens with zero attached hydrogens (tertiary/aromatic N) is 4. The third-order valence-corrected chi connectivity index (χ3v) is 5.18. The Bertz CT molecular complexity index is 1170. The molecule has 0 radical (unpaired) electrons. The van der Waals surface area contributed by atoms with Gasteiger partial charge in [0, 0.05) is 24.2 Å². The van der Waals surface area contributed by atoms with E-state index >= 15 is 0 Å². The molecule has 3 aromatic rings. The monoisotopic (exact) mass is 434 g/mol. The number of hydrogen-bond acceptors (Lipinski definition) is 7. The summed E-state index contributed by atoms with van der Waals surface area (Å²) in [5, 5.41) is 5.89. The van der Waals surface area contributed by atoms with Crippen LogP contribution in [0.2, 0.25) is 0 Å². The minimum atomic E-state index is -1.08. The molecule has 1 fully saturated rings. The van der Waals surface area contributed by atoms with Crippen LogP contribution in [0, 0.1) is 12.8 Å². The highest BCUT2D eigenvalue weighted by atomic mass is 19.1. The van der Waals surface area contributed by atoms with E-state index in [1.54, 1.807) is 30.6 Å². The molecular weight excluding hydrogens is 411 g/mol. The number of carbonyl (C=O) groups excluding carboxylic acids is 2. The zero-order chi connectivity index (χ0) is 22.7. The Balaban J connectivity index is 1.57. The molecule has 0 bridgehead atoms. The van der Waals surface area contributed by atoms with E-state index in [2.05, 4.69) is 30.6 Å². The molecule has 2 N–H and O–H groups in total. The van der Waals surface area contributed by atoms with Crippen LogP contribution in [-0.2, 0) is 4.79 Å². The Morgan fingerprint density at radius 2 is 2.00 bits per heavy atom. The number of halogens is 1. The van der Waals surface area contributed by atoms with Gasteiger partial charge in [-0.3, -0.25) is 14.6 Å². The third kappa shape index (κ3) is 4.77. The van der Waals surface area contributed by atoms with Crippen molar-refractivity contribution in [2.45, 2.75) is 39.3 Å². The molecule has 164 valence electrons. The van der Waals surface area contributed by atoms with Crippen LogP contribution in [-0.4, -0.2) is 37.8 Å². The summed E-state index contributed by atoms with van der Waals surface area (Å²) >= 11 is 0. The largest absolute Gasteiger partial charge is 0.338 e. The van der Waals surface area contributed by atoms with Crippen LogP contribution in [0.1, 0.15) is 42.2 Å². The first kappa shape index (κ1) is 21.5. The minimum Gasteiger partial charge on any atom is -0.338 e. The molecule has 2 atom stereocenters. The fourth-order valence-corrected chi connectivity index (χ4v) is 3.26. The van der Waals surface area contributed by atoms with Gasteiger partial charge in [-0.1, -0.05) is 6.92 Å². The second-order valence-corrected chi connectivity index (χ2v) is 7.72. The Morgan fingerprint density at radius 1 is 1.19 bits per heavy atom. The van der Waals surface area contributed by atoms with Gasteiger partial charge in [0.05, 0.1) is 23.5 Å². The quantitative estimate of drug-likeness (QED) is 0.510. The number of anilines is 3. The predicted molar refractivity (Wildman–Crippen MR) is 118 cm³/mol. The molecule has 0 spiro atoms. The number of rotatable bonds is 8. The van der Waals surface area contributed by atoms with Crippen LogP contribution in [0.5, 0.6) is 0 Å². The molecule has 9 heteroatoms. The number of amides is 1. The van der Waals surface area contributed by atoms with E-state index in [0.29, 0.717) is 40.7 Å². The first-order valence-corrected chi connectivity index (χ1v) is 10.5. The van der Waals surface area contributed by atoms with Gasteiger partial charge in [-0.15, -0.1) is 0 Å². The first-order chi connectivity index (χ1) is 15.5. The Kier molecular flexibility index (Phi) is 6.16. The van der Waals surface area contributed by atoms with Crippen molar-refractivity contribution in [2.24, 2.45) is 5.92 Å². The summed E-state index contributed by atoms with van der Waals surface area (Å²) in [4.78, 5) is 41.2. The Hall–Kier alpha value is -3.75. The van der Waals surface area contributed by atoms with E-state index in [1.807, 2.05) is 19.9 Å². The van der Waals surface area contributed by atoms with Gasteiger partial charge >= 0.3 is 0 Å². The number of Topliss-reactive ketones (excluding diaryl/α,β-unsaturated/α-hetero) is 1. The maximum absolute atomic E-state index is 13.1. The second-order valence-electron chi connectivity index (χ2n) is 7.72. The summed E-state index contributed by atoms with van der Waals surface area (Å²) in [5.41, 5.74) is 3.24. The maximum Gasteiger partial charge on any atom is 0.231 e. The molecule has 1 saturated carbocycles. The van der Waals surface area contributed by atoms with Crippen LogP contribution in [0.4, 0.5) is 21.7 Å². The molecule has 4 rings (SSSR count). The number of hydrogen-bond donors (Lipinski definition) is 2. The fraction of sp³-hybridized carbons (Fsp3) is 0.304. The molecule has 8 nitrogen and oxygen atoms in total. The van der Waals surface area contributed by atoms with E-state index in [1.165, 1.54) is 6.33 Å². The van der Waals surface area contributed by atoms with Crippen molar-refractivity contribution >= 4 is 29.0 Å². The summed E-state index contributed by atoms with van der Waals surface area (Å²) in [6.07, 6.45) is 5.00. The average molecular weight is 434 g/mol. The van der Waals surface area contributed by atoms with Gasteiger partial charge in [-0.05, 0) is 43.5 Å². The van der Waals surface area contributed by atoms with Crippen LogP contribution < -0.4 is 10.6 Å². The lowest BCUT2D eigenvalue weighted by molar-refractivity contribution is -0.117. The number of ketones is 1. The summed E-state index contributed by atoms with van der Waals surface area (Å²) in [6.45, 7) is 3.85. The number of carbonyl (C=O) groups is 2. The summed E-state index contributed by atoms with van der Waals surface area (Å²) < 4.78 is 13.1. The first-order valence-electron chi connectivity index (χ1n) is 10.5. The van der Waals surface area contributed by atoms with Crippen LogP contribution >= 0.6 is 0 Å². The standard InChI is InChI=1S/C23H23FN6O2/c1-3-5-20(31)18-8-13(2)19(11-26-18)29-22-14(6-4-7-25-22)17-10-21(28-12-27-17)30-23(32)15-9-16(15)24/h4,6-8,10-12,15-16H,3,5,9H2,1-2H3,(H,25,29)(H,27,28,30,32)/t15-,16+/m0/s1. The second kappa shape index (κ2) is 9.17. The number of aryl methyl sites for hydroxylation is 1. The van der Waals surface area contributed by atoms with Gasteiger partial charge < -0.3 is 10.6 Å². The summed E-state index contributed by atoms with van der Waals surface area (Å²) in [6, 6.07) is 6.99. The van der Waals surface area contributed by atoms with Gasteiger partial charge in [-0.25, -0.2) is 19.3 Å². The van der Waals surface area contributed by atoms with Crippen molar-refractivity contribution in [3.63, 3.8) is 0 Å². The molecule has 1 aliphatic rings. The van der Waals surface area contributed by atoms with Gasteiger partial charge in [0.2, 0.25) is 5.91 Å². The number of pyridine rings is 2. The lowest BCUT2D eigenvalue weighted by atomic mass is 10.1. The highest BCUT2D eigenvalue weighted by molar-refractivity contribution is 5.95. The smallest absolute Gasteiger partial charge is 0.231 e. The fourth-order valence-electron chi connectivity index (χ4n) is 3.26. The molecule has 3 heterocycles. The van der Waals surface area contributed by atoms with Crippen molar-refractivity contribution in [1.82, 2.24) is 19.9 Å². The predicted octanol–water partition coefficient (Wildman–Crippen LogP) is 4.26. The van der Waals surface area contributed by atoms with Crippen LogP contribution in [0.3, 0.4) is 0 Å².